The second-order valence-corrected chi connectivity index (χ2v) is 7.49. The Morgan fingerprint density at radius 3 is 2.28 bits per heavy atom. The van der Waals surface area contributed by atoms with Crippen LogP contribution in [0.2, 0.25) is 0 Å². The van der Waals surface area contributed by atoms with Gasteiger partial charge in [0.2, 0.25) is 0 Å². The summed E-state index contributed by atoms with van der Waals surface area (Å²) in [7, 11) is 1.45. The molecule has 1 aliphatic heterocycles. The normalized spacial score (nSPS) is 13.4. The van der Waals surface area contributed by atoms with Crippen molar-refractivity contribution in [1.29, 1.82) is 0 Å². The van der Waals surface area contributed by atoms with Gasteiger partial charge in [-0.15, -0.1) is 0 Å². The van der Waals surface area contributed by atoms with Gasteiger partial charge in [0.15, 0.2) is 5.11 Å². The molecule has 1 fully saturated rings. The average molecular weight is 459 g/mol. The van der Waals surface area contributed by atoms with Crippen LogP contribution in [0.3, 0.4) is 0 Å². The van der Waals surface area contributed by atoms with Crippen molar-refractivity contribution in [3.63, 3.8) is 0 Å². The number of nitrogens with one attached hydrogen (secondary N) is 1. The van der Waals surface area contributed by atoms with Crippen molar-refractivity contribution in [3.05, 3.63) is 67.8 Å². The zero-order chi connectivity index (χ0) is 23.4. The molecule has 11 nitrogen and oxygen atoms in total. The number of benzene rings is 2. The molecule has 1 heterocycles. The minimum absolute atomic E-state index is 0.0466. The SMILES string of the molecule is COc1ccc(N2CCN(C(=S)NC(=O)c3ccc(C)c([N+](=O)[O-])c3)CC2)c([N+](=O)[O-])c1. The number of ether oxygens (including phenoxy) is 1. The molecule has 2 aromatic carbocycles. The number of aryl methyl sites for hydroxylation is 1. The zero-order valence-corrected chi connectivity index (χ0v) is 18.3. The summed E-state index contributed by atoms with van der Waals surface area (Å²) in [6.45, 7) is 3.39. The molecule has 0 aliphatic carbocycles. The van der Waals surface area contributed by atoms with E-state index in [1.54, 1.807) is 24.0 Å². The third-order valence-electron chi connectivity index (χ3n) is 5.18. The van der Waals surface area contributed by atoms with Crippen molar-refractivity contribution in [1.82, 2.24) is 10.2 Å². The van der Waals surface area contributed by atoms with Gasteiger partial charge in [-0.2, -0.15) is 0 Å². The number of rotatable bonds is 5. The molecule has 1 aliphatic rings. The number of carbonyl (C=O) groups excluding carboxylic acids is 1. The Balaban J connectivity index is 1.64. The molecule has 1 N–H and O–H groups in total. The molecule has 0 unspecified atom stereocenters. The zero-order valence-electron chi connectivity index (χ0n) is 17.4. The van der Waals surface area contributed by atoms with Crippen molar-refractivity contribution in [2.75, 3.05) is 38.2 Å². The predicted octanol–water partition coefficient (Wildman–Crippen LogP) is 2.66. The van der Waals surface area contributed by atoms with E-state index in [0.717, 1.165) is 0 Å². The summed E-state index contributed by atoms with van der Waals surface area (Å²) in [5.74, 6) is -0.134. The van der Waals surface area contributed by atoms with Crippen LogP contribution in [0, 0.1) is 27.2 Å². The van der Waals surface area contributed by atoms with Crippen molar-refractivity contribution in [2.24, 2.45) is 0 Å². The molecule has 0 radical (unpaired) electrons. The third-order valence-corrected chi connectivity index (χ3v) is 5.54. The van der Waals surface area contributed by atoms with Crippen LogP contribution in [0.25, 0.3) is 0 Å². The summed E-state index contributed by atoms with van der Waals surface area (Å²) < 4.78 is 5.07. The summed E-state index contributed by atoms with van der Waals surface area (Å²) in [5, 5.41) is 25.4. The number of hydrogen-bond donors (Lipinski definition) is 1. The van der Waals surface area contributed by atoms with E-state index < -0.39 is 15.8 Å². The standard InChI is InChI=1S/C20H21N5O6S/c1-13-3-4-14(11-17(13)24(27)28)19(26)21-20(32)23-9-7-22(8-10-23)16-6-5-15(31-2)12-18(16)25(29)30/h3-6,11-12H,7-10H2,1-2H3,(H,21,26,32). The molecule has 3 rings (SSSR count). The number of thiocarbonyl (C=S) groups is 1. The fraction of sp³-hybridized carbons (Fsp3) is 0.300. The van der Waals surface area contributed by atoms with E-state index >= 15 is 0 Å². The first kappa shape index (κ1) is 22.9. The number of anilines is 1. The molecule has 0 saturated carbocycles. The molecule has 12 heteroatoms. The van der Waals surface area contributed by atoms with Crippen LogP contribution in [0.15, 0.2) is 36.4 Å². The molecule has 0 aromatic heterocycles. The summed E-state index contributed by atoms with van der Waals surface area (Å²) in [5.41, 5.74) is 0.889. The highest BCUT2D eigenvalue weighted by molar-refractivity contribution is 7.80. The fourth-order valence-corrected chi connectivity index (χ4v) is 3.67. The van der Waals surface area contributed by atoms with E-state index in [9.17, 15) is 25.0 Å². The lowest BCUT2D eigenvalue weighted by atomic mass is 10.1. The molecule has 0 bridgehead atoms. The molecule has 1 amide bonds. The minimum Gasteiger partial charge on any atom is -0.496 e. The Kier molecular flexibility index (Phi) is 6.83. The van der Waals surface area contributed by atoms with Gasteiger partial charge in [-0.1, -0.05) is 6.07 Å². The van der Waals surface area contributed by atoms with Crippen LogP contribution >= 0.6 is 12.2 Å². The van der Waals surface area contributed by atoms with Gasteiger partial charge in [-0.3, -0.25) is 30.3 Å². The van der Waals surface area contributed by atoms with Crippen molar-refractivity contribution in [2.45, 2.75) is 6.92 Å². The number of nitro benzene ring substituents is 2. The van der Waals surface area contributed by atoms with Crippen LogP contribution < -0.4 is 15.0 Å². The van der Waals surface area contributed by atoms with E-state index in [4.69, 9.17) is 17.0 Å². The van der Waals surface area contributed by atoms with Gasteiger partial charge in [0, 0.05) is 43.4 Å². The molecular weight excluding hydrogens is 438 g/mol. The third kappa shape index (κ3) is 4.91. The lowest BCUT2D eigenvalue weighted by Gasteiger charge is -2.37. The Bertz CT molecular complexity index is 1080. The average Bonchev–Trinajstić information content (AvgIpc) is 2.78. The lowest BCUT2D eigenvalue weighted by Crippen LogP contribution is -2.52. The highest BCUT2D eigenvalue weighted by Crippen LogP contribution is 2.32. The topological polar surface area (TPSA) is 131 Å². The summed E-state index contributed by atoms with van der Waals surface area (Å²) in [6.07, 6.45) is 0. The van der Waals surface area contributed by atoms with E-state index in [0.29, 0.717) is 43.2 Å². The molecular formula is C20H21N5O6S. The van der Waals surface area contributed by atoms with Crippen LogP contribution in [-0.4, -0.2) is 59.1 Å². The van der Waals surface area contributed by atoms with Gasteiger partial charge >= 0.3 is 0 Å². The highest BCUT2D eigenvalue weighted by atomic mass is 32.1. The van der Waals surface area contributed by atoms with Gasteiger partial charge in [0.1, 0.15) is 11.4 Å². The maximum Gasteiger partial charge on any atom is 0.296 e. The Morgan fingerprint density at radius 1 is 1.03 bits per heavy atom. The van der Waals surface area contributed by atoms with Crippen molar-refractivity contribution < 1.29 is 19.4 Å². The lowest BCUT2D eigenvalue weighted by molar-refractivity contribution is -0.385. The summed E-state index contributed by atoms with van der Waals surface area (Å²) in [4.78, 5) is 37.7. The molecule has 0 spiro atoms. The Labute approximate surface area is 188 Å². The number of nitro groups is 2. The quantitative estimate of drug-likeness (QED) is 0.407. The number of amides is 1. The predicted molar refractivity (Wildman–Crippen MR) is 121 cm³/mol. The van der Waals surface area contributed by atoms with Crippen molar-refractivity contribution in [3.8, 4) is 5.75 Å². The first-order chi connectivity index (χ1) is 15.2. The molecule has 32 heavy (non-hydrogen) atoms. The minimum atomic E-state index is -0.540. The van der Waals surface area contributed by atoms with E-state index in [2.05, 4.69) is 5.32 Å². The van der Waals surface area contributed by atoms with Gasteiger partial charge in [0.25, 0.3) is 17.3 Å². The van der Waals surface area contributed by atoms with Crippen LogP contribution in [0.4, 0.5) is 17.1 Å². The molecule has 0 atom stereocenters. The smallest absolute Gasteiger partial charge is 0.296 e. The first-order valence-electron chi connectivity index (χ1n) is 9.64. The second kappa shape index (κ2) is 9.56. The van der Waals surface area contributed by atoms with E-state index in [1.165, 1.54) is 31.4 Å². The fourth-order valence-electron chi connectivity index (χ4n) is 3.39. The van der Waals surface area contributed by atoms with E-state index in [1.807, 2.05) is 4.90 Å². The Morgan fingerprint density at radius 2 is 1.69 bits per heavy atom. The monoisotopic (exact) mass is 459 g/mol. The first-order valence-corrected chi connectivity index (χ1v) is 10.0. The maximum absolute atomic E-state index is 12.5. The van der Waals surface area contributed by atoms with Gasteiger partial charge in [-0.25, -0.2) is 0 Å². The molecule has 168 valence electrons. The van der Waals surface area contributed by atoms with Crippen LogP contribution in [-0.2, 0) is 0 Å². The molecule has 1 saturated heterocycles. The summed E-state index contributed by atoms with van der Waals surface area (Å²) >= 11 is 5.33. The summed E-state index contributed by atoms with van der Waals surface area (Å²) in [6, 6.07) is 8.93. The number of methoxy groups -OCH3 is 1. The maximum atomic E-state index is 12.5. The van der Waals surface area contributed by atoms with Gasteiger partial charge < -0.3 is 14.5 Å². The van der Waals surface area contributed by atoms with Crippen LogP contribution in [0.5, 0.6) is 5.75 Å². The van der Waals surface area contributed by atoms with Gasteiger partial charge in [0.05, 0.1) is 23.0 Å². The van der Waals surface area contributed by atoms with E-state index in [-0.39, 0.29) is 22.1 Å². The van der Waals surface area contributed by atoms with Crippen LogP contribution in [0.1, 0.15) is 15.9 Å². The molecule has 2 aromatic rings. The number of hydrogen-bond acceptors (Lipinski definition) is 8. The largest absolute Gasteiger partial charge is 0.496 e. The Hall–Kier alpha value is -3.80. The van der Waals surface area contributed by atoms with Crippen molar-refractivity contribution >= 4 is 40.3 Å². The second-order valence-electron chi connectivity index (χ2n) is 7.10. The van der Waals surface area contributed by atoms with Gasteiger partial charge in [-0.05, 0) is 37.3 Å². The number of carbonyl (C=O) groups is 1. The highest BCUT2D eigenvalue weighted by Gasteiger charge is 2.26. The number of piperazine rings is 1. The number of nitrogens with zero attached hydrogens (tertiary/aromatic N) is 4.